The van der Waals surface area contributed by atoms with E-state index in [1.807, 2.05) is 0 Å². The van der Waals surface area contributed by atoms with Gasteiger partial charge < -0.3 is 4.90 Å². The van der Waals surface area contributed by atoms with Gasteiger partial charge in [-0.05, 0) is 18.9 Å². The molecule has 3 heterocycles. The Morgan fingerprint density at radius 3 is 2.50 bits per heavy atom. The van der Waals surface area contributed by atoms with E-state index in [-0.39, 0.29) is 5.41 Å². The molecule has 0 aliphatic carbocycles. The molecule has 96 valence electrons. The predicted octanol–water partition coefficient (Wildman–Crippen LogP) is 2.63. The fourth-order valence-electron chi connectivity index (χ4n) is 2.56. The Kier molecular flexibility index (Phi) is 2.54. The smallest absolute Gasteiger partial charge is 0.162 e. The number of rotatable bonds is 1. The molecule has 2 aromatic heterocycles. The highest BCUT2D eigenvalue weighted by Crippen LogP contribution is 2.25. The number of fused-ring (bicyclic) bond motifs is 1. The van der Waals surface area contributed by atoms with Crippen molar-refractivity contribution in [1.29, 1.82) is 0 Å². The van der Waals surface area contributed by atoms with Crippen LogP contribution in [0.3, 0.4) is 0 Å². The van der Waals surface area contributed by atoms with Crippen molar-refractivity contribution in [2.45, 2.75) is 39.0 Å². The fourth-order valence-corrected chi connectivity index (χ4v) is 2.56. The molecule has 0 aromatic carbocycles. The highest BCUT2D eigenvalue weighted by atomic mass is 15.3. The monoisotopic (exact) mass is 244 g/mol. The Morgan fingerprint density at radius 2 is 1.83 bits per heavy atom. The molecule has 0 radical (unpaired) electrons. The molecule has 1 aliphatic rings. The zero-order chi connectivity index (χ0) is 12.8. The topological polar surface area (TPSA) is 33.4 Å². The highest BCUT2D eigenvalue weighted by Gasteiger charge is 2.21. The number of aromatic nitrogens is 3. The van der Waals surface area contributed by atoms with E-state index in [4.69, 9.17) is 0 Å². The maximum atomic E-state index is 4.33. The van der Waals surface area contributed by atoms with Gasteiger partial charge >= 0.3 is 0 Å². The number of pyridine rings is 1. The normalized spacial score (nSPS) is 16.7. The number of hydrogen-bond donors (Lipinski definition) is 0. The van der Waals surface area contributed by atoms with Crippen molar-refractivity contribution >= 4 is 11.3 Å². The molecule has 0 unspecified atom stereocenters. The van der Waals surface area contributed by atoms with Gasteiger partial charge in [-0.2, -0.15) is 0 Å². The molecule has 2 aromatic rings. The van der Waals surface area contributed by atoms with Gasteiger partial charge in [-0.3, -0.25) is 4.40 Å². The third-order valence-corrected chi connectivity index (χ3v) is 3.54. The van der Waals surface area contributed by atoms with Gasteiger partial charge in [0.15, 0.2) is 5.65 Å². The molecule has 0 bridgehead atoms. The Bertz CT molecular complexity index is 559. The van der Waals surface area contributed by atoms with Gasteiger partial charge in [0.2, 0.25) is 0 Å². The minimum atomic E-state index is 0.0224. The van der Waals surface area contributed by atoms with Crippen molar-refractivity contribution in [3.63, 3.8) is 0 Å². The second-order valence-corrected chi connectivity index (χ2v) is 6.08. The molecule has 1 aliphatic heterocycles. The first-order valence-corrected chi connectivity index (χ1v) is 6.66. The minimum Gasteiger partial charge on any atom is -0.371 e. The van der Waals surface area contributed by atoms with E-state index in [0.717, 1.165) is 24.6 Å². The standard InChI is InChI=1S/C14H20N4/c1-14(2,3)13-16-15-12-10-11(6-9-18(12)13)17-7-4-5-8-17/h6,9-10H,4-5,7-8H2,1-3H3. The predicted molar refractivity (Wildman–Crippen MR) is 73.1 cm³/mol. The molecule has 0 amide bonds. The molecule has 0 saturated carbocycles. The zero-order valence-electron chi connectivity index (χ0n) is 11.3. The van der Waals surface area contributed by atoms with Crippen molar-refractivity contribution in [1.82, 2.24) is 14.6 Å². The van der Waals surface area contributed by atoms with Gasteiger partial charge in [0.1, 0.15) is 5.82 Å². The zero-order valence-corrected chi connectivity index (χ0v) is 11.3. The Balaban J connectivity index is 2.04. The summed E-state index contributed by atoms with van der Waals surface area (Å²) >= 11 is 0. The molecule has 1 fully saturated rings. The lowest BCUT2D eigenvalue weighted by molar-refractivity contribution is 0.539. The fraction of sp³-hybridized carbons (Fsp3) is 0.571. The molecule has 0 N–H and O–H groups in total. The van der Waals surface area contributed by atoms with E-state index in [1.54, 1.807) is 0 Å². The summed E-state index contributed by atoms with van der Waals surface area (Å²) in [5, 5.41) is 8.63. The minimum absolute atomic E-state index is 0.0224. The maximum Gasteiger partial charge on any atom is 0.162 e. The Labute approximate surface area is 108 Å². The van der Waals surface area contributed by atoms with Crippen LogP contribution in [-0.2, 0) is 5.41 Å². The van der Waals surface area contributed by atoms with Gasteiger partial charge in [-0.25, -0.2) is 0 Å². The average molecular weight is 244 g/mol. The van der Waals surface area contributed by atoms with Crippen molar-refractivity contribution in [2.24, 2.45) is 0 Å². The highest BCUT2D eigenvalue weighted by molar-refractivity contribution is 5.56. The van der Waals surface area contributed by atoms with E-state index < -0.39 is 0 Å². The average Bonchev–Trinajstić information content (AvgIpc) is 2.96. The number of nitrogens with zero attached hydrogens (tertiary/aromatic N) is 4. The lowest BCUT2D eigenvalue weighted by Crippen LogP contribution is -2.18. The van der Waals surface area contributed by atoms with E-state index in [1.165, 1.54) is 18.5 Å². The quantitative estimate of drug-likeness (QED) is 0.773. The van der Waals surface area contributed by atoms with Crippen LogP contribution in [0.5, 0.6) is 0 Å². The first-order chi connectivity index (χ1) is 8.55. The molecule has 18 heavy (non-hydrogen) atoms. The lowest BCUT2D eigenvalue weighted by atomic mass is 9.96. The van der Waals surface area contributed by atoms with E-state index >= 15 is 0 Å². The SMILES string of the molecule is CC(C)(C)c1nnc2cc(N3CCCC3)ccn12. The van der Waals surface area contributed by atoms with E-state index in [0.29, 0.717) is 0 Å². The third-order valence-electron chi connectivity index (χ3n) is 3.54. The molecule has 0 spiro atoms. The van der Waals surface area contributed by atoms with E-state index in [9.17, 15) is 0 Å². The second-order valence-electron chi connectivity index (χ2n) is 6.08. The van der Waals surface area contributed by atoms with Crippen LogP contribution in [0.4, 0.5) is 5.69 Å². The largest absolute Gasteiger partial charge is 0.371 e. The summed E-state index contributed by atoms with van der Waals surface area (Å²) in [6, 6.07) is 4.32. The summed E-state index contributed by atoms with van der Waals surface area (Å²) in [6.45, 7) is 8.82. The third kappa shape index (κ3) is 1.85. The number of hydrogen-bond acceptors (Lipinski definition) is 3. The van der Waals surface area contributed by atoms with Crippen molar-refractivity contribution in [3.8, 4) is 0 Å². The van der Waals surface area contributed by atoms with Crippen LogP contribution in [0.2, 0.25) is 0 Å². The second kappa shape index (κ2) is 3.97. The molecule has 3 rings (SSSR count). The summed E-state index contributed by atoms with van der Waals surface area (Å²) in [5.74, 6) is 1.02. The Morgan fingerprint density at radius 1 is 1.11 bits per heavy atom. The van der Waals surface area contributed by atoms with Gasteiger partial charge in [0.05, 0.1) is 0 Å². The lowest BCUT2D eigenvalue weighted by Gasteiger charge is -2.19. The summed E-state index contributed by atoms with van der Waals surface area (Å²) < 4.78 is 2.10. The van der Waals surface area contributed by atoms with Gasteiger partial charge in [-0.1, -0.05) is 20.8 Å². The molecule has 0 atom stereocenters. The summed E-state index contributed by atoms with van der Waals surface area (Å²) in [4.78, 5) is 2.42. The van der Waals surface area contributed by atoms with Crippen LogP contribution >= 0.6 is 0 Å². The maximum absolute atomic E-state index is 4.33. The van der Waals surface area contributed by atoms with Crippen LogP contribution in [0.25, 0.3) is 5.65 Å². The summed E-state index contributed by atoms with van der Waals surface area (Å²) in [7, 11) is 0. The van der Waals surface area contributed by atoms with Crippen LogP contribution in [0, 0.1) is 0 Å². The van der Waals surface area contributed by atoms with Crippen LogP contribution in [-0.4, -0.2) is 27.7 Å². The molecular weight excluding hydrogens is 224 g/mol. The van der Waals surface area contributed by atoms with Gasteiger partial charge in [-0.15, -0.1) is 10.2 Å². The van der Waals surface area contributed by atoms with Crippen LogP contribution < -0.4 is 4.90 Å². The molecule has 4 nitrogen and oxygen atoms in total. The Hall–Kier alpha value is -1.58. The van der Waals surface area contributed by atoms with E-state index in [2.05, 4.69) is 58.6 Å². The summed E-state index contributed by atoms with van der Waals surface area (Å²) in [6.07, 6.45) is 4.69. The molecule has 4 heteroatoms. The summed E-state index contributed by atoms with van der Waals surface area (Å²) in [5.41, 5.74) is 2.24. The first-order valence-electron chi connectivity index (χ1n) is 6.66. The first kappa shape index (κ1) is 11.5. The van der Waals surface area contributed by atoms with Crippen molar-refractivity contribution < 1.29 is 0 Å². The van der Waals surface area contributed by atoms with Crippen molar-refractivity contribution in [2.75, 3.05) is 18.0 Å². The van der Waals surface area contributed by atoms with Crippen LogP contribution in [0.1, 0.15) is 39.4 Å². The van der Waals surface area contributed by atoms with Gasteiger partial charge in [0, 0.05) is 36.5 Å². The molecular formula is C14H20N4. The van der Waals surface area contributed by atoms with Crippen molar-refractivity contribution in [3.05, 3.63) is 24.2 Å². The number of anilines is 1. The van der Waals surface area contributed by atoms with Gasteiger partial charge in [0.25, 0.3) is 0 Å². The van der Waals surface area contributed by atoms with Crippen LogP contribution in [0.15, 0.2) is 18.3 Å². The molecule has 1 saturated heterocycles.